The second kappa shape index (κ2) is 6.42. The molecule has 0 bridgehead atoms. The summed E-state index contributed by atoms with van der Waals surface area (Å²) >= 11 is 0. The van der Waals surface area contributed by atoms with Gasteiger partial charge in [-0.2, -0.15) is 0 Å². The van der Waals surface area contributed by atoms with Crippen LogP contribution in [0.4, 0.5) is 10.1 Å². The monoisotopic (exact) mass is 332 g/mol. The van der Waals surface area contributed by atoms with Crippen LogP contribution in [-0.4, -0.2) is 46.5 Å². The van der Waals surface area contributed by atoms with Crippen molar-refractivity contribution in [3.05, 3.63) is 23.8 Å². The first-order chi connectivity index (χ1) is 11.4. The molecule has 6 heteroatoms. The highest BCUT2D eigenvalue weighted by Crippen LogP contribution is 2.29. The fraction of sp³-hybridized carbons (Fsp3) is 0.556. The summed E-state index contributed by atoms with van der Waals surface area (Å²) in [5, 5.41) is 0. The van der Waals surface area contributed by atoms with Crippen molar-refractivity contribution < 1.29 is 9.18 Å². The molecular formula is C18H25FN4O. The minimum Gasteiger partial charge on any atom is -0.368 e. The van der Waals surface area contributed by atoms with Crippen molar-refractivity contribution in [1.29, 1.82) is 0 Å². The fourth-order valence-electron chi connectivity index (χ4n) is 3.53. The van der Waals surface area contributed by atoms with Gasteiger partial charge in [-0.3, -0.25) is 4.79 Å². The molecule has 0 spiro atoms. The highest BCUT2D eigenvalue weighted by Gasteiger charge is 2.22. The molecule has 1 fully saturated rings. The van der Waals surface area contributed by atoms with Crippen LogP contribution in [0, 0.1) is 12.7 Å². The van der Waals surface area contributed by atoms with Gasteiger partial charge in [-0.25, -0.2) is 9.37 Å². The van der Waals surface area contributed by atoms with E-state index in [9.17, 15) is 9.18 Å². The Bertz CT molecular complexity index is 760. The Hall–Kier alpha value is -2.11. The highest BCUT2D eigenvalue weighted by molar-refractivity contribution is 5.82. The topological polar surface area (TPSA) is 41.4 Å². The first-order valence-electron chi connectivity index (χ1n) is 8.63. The van der Waals surface area contributed by atoms with E-state index in [-0.39, 0.29) is 17.8 Å². The maximum atomic E-state index is 14.6. The number of imidazole rings is 1. The Balaban J connectivity index is 1.91. The van der Waals surface area contributed by atoms with Crippen LogP contribution in [0.3, 0.4) is 0 Å². The smallest absolute Gasteiger partial charge is 0.222 e. The Labute approximate surface area is 142 Å². The van der Waals surface area contributed by atoms with Gasteiger partial charge in [0.25, 0.3) is 0 Å². The van der Waals surface area contributed by atoms with Gasteiger partial charge in [0, 0.05) is 44.3 Å². The van der Waals surface area contributed by atoms with E-state index < -0.39 is 0 Å². The number of halogens is 1. The number of anilines is 1. The number of aryl methyl sites for hydroxylation is 1. The number of rotatable bonds is 3. The summed E-state index contributed by atoms with van der Waals surface area (Å²) < 4.78 is 16.6. The van der Waals surface area contributed by atoms with Crippen molar-refractivity contribution in [3.63, 3.8) is 0 Å². The highest BCUT2D eigenvalue weighted by atomic mass is 19.1. The molecule has 1 aliphatic heterocycles. The standard InChI is InChI=1S/C18H25FN4O/c1-5-17(24)22-8-6-21(7-9-22)14-10-15(19)18-16(11-14)23(12(2)3)13(4)20-18/h10-12H,5-9H2,1-4H3. The molecule has 0 atom stereocenters. The van der Waals surface area contributed by atoms with Crippen LogP contribution in [0.2, 0.25) is 0 Å². The fourth-order valence-corrected chi connectivity index (χ4v) is 3.53. The molecule has 1 aliphatic rings. The molecule has 2 aromatic rings. The number of hydrogen-bond donors (Lipinski definition) is 0. The van der Waals surface area contributed by atoms with E-state index in [0.717, 1.165) is 30.1 Å². The zero-order chi connectivity index (χ0) is 17.4. The summed E-state index contributed by atoms with van der Waals surface area (Å²) in [5.41, 5.74) is 2.14. The Morgan fingerprint density at radius 3 is 2.50 bits per heavy atom. The Morgan fingerprint density at radius 1 is 1.25 bits per heavy atom. The number of hydrogen-bond acceptors (Lipinski definition) is 3. The van der Waals surface area contributed by atoms with Crippen molar-refractivity contribution in [2.45, 2.75) is 40.2 Å². The van der Waals surface area contributed by atoms with E-state index in [0.29, 0.717) is 25.0 Å². The third kappa shape index (κ3) is 2.85. The summed E-state index contributed by atoms with van der Waals surface area (Å²) in [7, 11) is 0. The molecule has 1 saturated heterocycles. The summed E-state index contributed by atoms with van der Waals surface area (Å²) in [6.45, 7) is 10.8. The predicted molar refractivity (Wildman–Crippen MR) is 93.9 cm³/mol. The van der Waals surface area contributed by atoms with Crippen LogP contribution >= 0.6 is 0 Å². The molecule has 3 rings (SSSR count). The number of benzene rings is 1. The van der Waals surface area contributed by atoms with Gasteiger partial charge in [0.15, 0.2) is 5.82 Å². The molecular weight excluding hydrogens is 307 g/mol. The SMILES string of the molecule is CCC(=O)N1CCN(c2cc(F)c3nc(C)n(C(C)C)c3c2)CC1. The van der Waals surface area contributed by atoms with Crippen molar-refractivity contribution in [1.82, 2.24) is 14.5 Å². The van der Waals surface area contributed by atoms with Crippen LogP contribution in [0.1, 0.15) is 39.1 Å². The third-order valence-corrected chi connectivity index (χ3v) is 4.73. The quantitative estimate of drug-likeness (QED) is 0.867. The predicted octanol–water partition coefficient (Wildman–Crippen LogP) is 3.12. The van der Waals surface area contributed by atoms with Crippen LogP contribution in [0.25, 0.3) is 11.0 Å². The van der Waals surface area contributed by atoms with Crippen LogP contribution in [-0.2, 0) is 4.79 Å². The van der Waals surface area contributed by atoms with Gasteiger partial charge >= 0.3 is 0 Å². The Kier molecular flexibility index (Phi) is 4.47. The summed E-state index contributed by atoms with van der Waals surface area (Å²) in [4.78, 5) is 20.2. The van der Waals surface area contributed by atoms with Crippen LogP contribution < -0.4 is 4.90 Å². The summed E-state index contributed by atoms with van der Waals surface area (Å²) in [6.07, 6.45) is 0.535. The van der Waals surface area contributed by atoms with Crippen molar-refractivity contribution in [3.8, 4) is 0 Å². The van der Waals surface area contributed by atoms with Crippen LogP contribution in [0.15, 0.2) is 12.1 Å². The molecule has 0 N–H and O–H groups in total. The van der Waals surface area contributed by atoms with Gasteiger partial charge in [0.1, 0.15) is 11.3 Å². The lowest BCUT2D eigenvalue weighted by Gasteiger charge is -2.36. The van der Waals surface area contributed by atoms with Gasteiger partial charge in [-0.05, 0) is 32.9 Å². The first kappa shape index (κ1) is 16.7. The number of aromatic nitrogens is 2. The molecule has 0 unspecified atom stereocenters. The van der Waals surface area contributed by atoms with E-state index in [1.165, 1.54) is 0 Å². The molecule has 1 aromatic heterocycles. The molecule has 130 valence electrons. The second-order valence-electron chi connectivity index (χ2n) is 6.64. The minimum atomic E-state index is -0.280. The largest absolute Gasteiger partial charge is 0.368 e. The Morgan fingerprint density at radius 2 is 1.92 bits per heavy atom. The average Bonchev–Trinajstić information content (AvgIpc) is 2.91. The van der Waals surface area contributed by atoms with E-state index in [1.54, 1.807) is 6.07 Å². The van der Waals surface area contributed by atoms with Gasteiger partial charge in [-0.1, -0.05) is 6.92 Å². The molecule has 1 amide bonds. The lowest BCUT2D eigenvalue weighted by atomic mass is 10.2. The minimum absolute atomic E-state index is 0.185. The molecule has 0 radical (unpaired) electrons. The van der Waals surface area contributed by atoms with Crippen molar-refractivity contribution in [2.75, 3.05) is 31.1 Å². The van der Waals surface area contributed by atoms with Crippen molar-refractivity contribution >= 4 is 22.6 Å². The second-order valence-corrected chi connectivity index (χ2v) is 6.64. The van der Waals surface area contributed by atoms with Gasteiger partial charge in [-0.15, -0.1) is 0 Å². The molecule has 24 heavy (non-hydrogen) atoms. The molecule has 1 aromatic carbocycles. The number of fused-ring (bicyclic) bond motifs is 1. The zero-order valence-corrected chi connectivity index (χ0v) is 14.8. The maximum Gasteiger partial charge on any atom is 0.222 e. The van der Waals surface area contributed by atoms with E-state index in [1.807, 2.05) is 24.8 Å². The normalized spacial score (nSPS) is 15.6. The number of amides is 1. The van der Waals surface area contributed by atoms with Crippen molar-refractivity contribution in [2.24, 2.45) is 0 Å². The number of piperazine rings is 1. The van der Waals surface area contributed by atoms with E-state index in [2.05, 4.69) is 28.3 Å². The van der Waals surface area contributed by atoms with E-state index >= 15 is 0 Å². The molecule has 0 aliphatic carbocycles. The van der Waals surface area contributed by atoms with Gasteiger partial charge in [0.2, 0.25) is 5.91 Å². The number of carbonyl (C=O) groups excluding carboxylic acids is 1. The number of carbonyl (C=O) groups is 1. The third-order valence-electron chi connectivity index (χ3n) is 4.73. The lowest BCUT2D eigenvalue weighted by molar-refractivity contribution is -0.131. The summed E-state index contributed by atoms with van der Waals surface area (Å²) in [5.74, 6) is 0.733. The molecule has 0 saturated carbocycles. The van der Waals surface area contributed by atoms with Crippen LogP contribution in [0.5, 0.6) is 0 Å². The molecule has 2 heterocycles. The zero-order valence-electron chi connectivity index (χ0n) is 14.8. The number of nitrogens with zero attached hydrogens (tertiary/aromatic N) is 4. The first-order valence-corrected chi connectivity index (χ1v) is 8.63. The molecule has 5 nitrogen and oxygen atoms in total. The van der Waals surface area contributed by atoms with Gasteiger partial charge in [0.05, 0.1) is 5.52 Å². The maximum absolute atomic E-state index is 14.6. The summed E-state index contributed by atoms with van der Waals surface area (Å²) in [6, 6.07) is 3.82. The van der Waals surface area contributed by atoms with E-state index in [4.69, 9.17) is 0 Å². The average molecular weight is 332 g/mol. The lowest BCUT2D eigenvalue weighted by Crippen LogP contribution is -2.48. The van der Waals surface area contributed by atoms with Gasteiger partial charge < -0.3 is 14.4 Å².